The molecule has 21 heavy (non-hydrogen) atoms. The van der Waals surface area contributed by atoms with Gasteiger partial charge in [0.15, 0.2) is 0 Å². The number of halogens is 1. The number of nitrogens with one attached hydrogen (secondary N) is 1. The minimum Gasteiger partial charge on any atom is -0.303 e. The number of fused-ring (bicyclic) bond motifs is 1. The van der Waals surface area contributed by atoms with Crippen molar-refractivity contribution in [3.63, 3.8) is 0 Å². The molecule has 0 aliphatic heterocycles. The fraction of sp³-hybridized carbons (Fsp3) is 0.368. The summed E-state index contributed by atoms with van der Waals surface area (Å²) in [6.07, 6.45) is 2.34. The summed E-state index contributed by atoms with van der Waals surface area (Å²) in [7, 11) is 0. The van der Waals surface area contributed by atoms with Gasteiger partial charge in [0.25, 0.3) is 0 Å². The Kier molecular flexibility index (Phi) is 4.07. The number of hydrogen-bond acceptors (Lipinski definition) is 1. The highest BCUT2D eigenvalue weighted by molar-refractivity contribution is 5.35. The van der Waals surface area contributed by atoms with E-state index in [0.717, 1.165) is 12.0 Å². The molecule has 1 nitrogen and oxygen atoms in total. The van der Waals surface area contributed by atoms with Crippen LogP contribution in [0.2, 0.25) is 0 Å². The lowest BCUT2D eigenvalue weighted by molar-refractivity contribution is 0.395. The lowest BCUT2D eigenvalue weighted by Crippen LogP contribution is -2.28. The van der Waals surface area contributed by atoms with Crippen molar-refractivity contribution in [3.05, 3.63) is 71.0 Å². The molecule has 110 valence electrons. The Bertz CT molecular complexity index is 622. The first kappa shape index (κ1) is 14.3. The topological polar surface area (TPSA) is 12.0 Å². The highest BCUT2D eigenvalue weighted by Crippen LogP contribution is 2.38. The van der Waals surface area contributed by atoms with E-state index in [4.69, 9.17) is 0 Å². The van der Waals surface area contributed by atoms with Crippen LogP contribution in [0.5, 0.6) is 0 Å². The maximum Gasteiger partial charge on any atom is 0.123 e. The third kappa shape index (κ3) is 3.01. The standard InChI is InChI=1S/C19H22FN/c1-13-10-11-19(18-9-4-3-8-17(13)18)21-14(2)15-6-5-7-16(20)12-15/h3-9,12-14,19,21H,10-11H2,1-2H3/t13?,14-,19?/m1/s1. The Hall–Kier alpha value is -1.67. The van der Waals surface area contributed by atoms with Crippen molar-refractivity contribution in [2.45, 2.75) is 44.7 Å². The van der Waals surface area contributed by atoms with Gasteiger partial charge in [-0.1, -0.05) is 43.3 Å². The van der Waals surface area contributed by atoms with Gasteiger partial charge in [-0.3, -0.25) is 0 Å². The first-order valence-corrected chi connectivity index (χ1v) is 7.75. The molecule has 2 aromatic rings. The van der Waals surface area contributed by atoms with Crippen LogP contribution in [0.1, 0.15) is 61.4 Å². The van der Waals surface area contributed by atoms with Crippen LogP contribution >= 0.6 is 0 Å². The average molecular weight is 283 g/mol. The highest BCUT2D eigenvalue weighted by atomic mass is 19.1. The first-order chi connectivity index (χ1) is 10.1. The maximum atomic E-state index is 13.4. The van der Waals surface area contributed by atoms with E-state index >= 15 is 0 Å². The fourth-order valence-corrected chi connectivity index (χ4v) is 3.35. The molecular weight excluding hydrogens is 261 g/mol. The summed E-state index contributed by atoms with van der Waals surface area (Å²) >= 11 is 0. The van der Waals surface area contributed by atoms with E-state index in [-0.39, 0.29) is 11.9 Å². The molecule has 0 bridgehead atoms. The maximum absolute atomic E-state index is 13.4. The zero-order valence-electron chi connectivity index (χ0n) is 12.6. The summed E-state index contributed by atoms with van der Waals surface area (Å²) in [5.41, 5.74) is 3.86. The summed E-state index contributed by atoms with van der Waals surface area (Å²) in [6, 6.07) is 16.1. The molecule has 0 amide bonds. The molecule has 1 aliphatic rings. The lowest BCUT2D eigenvalue weighted by Gasteiger charge is -2.32. The van der Waals surface area contributed by atoms with Crippen molar-refractivity contribution in [1.29, 1.82) is 0 Å². The van der Waals surface area contributed by atoms with Crippen LogP contribution < -0.4 is 5.32 Å². The van der Waals surface area contributed by atoms with Gasteiger partial charge in [-0.25, -0.2) is 4.39 Å². The van der Waals surface area contributed by atoms with E-state index in [2.05, 4.69) is 43.4 Å². The second kappa shape index (κ2) is 5.98. The predicted octanol–water partition coefficient (Wildman–Crippen LogP) is 5.11. The molecule has 3 atom stereocenters. The van der Waals surface area contributed by atoms with Gasteiger partial charge in [0.2, 0.25) is 0 Å². The molecule has 2 heteroatoms. The van der Waals surface area contributed by atoms with E-state index in [1.807, 2.05) is 6.07 Å². The van der Waals surface area contributed by atoms with Crippen molar-refractivity contribution in [1.82, 2.24) is 5.32 Å². The van der Waals surface area contributed by atoms with E-state index in [1.54, 1.807) is 12.1 Å². The SMILES string of the molecule is CC1CCC(N[C@H](C)c2cccc(F)c2)c2ccccc21. The molecule has 0 saturated heterocycles. The van der Waals surface area contributed by atoms with Gasteiger partial charge in [-0.15, -0.1) is 0 Å². The Morgan fingerprint density at radius 1 is 1.05 bits per heavy atom. The predicted molar refractivity (Wildman–Crippen MR) is 84.8 cm³/mol. The monoisotopic (exact) mass is 283 g/mol. The third-order valence-electron chi connectivity index (χ3n) is 4.59. The van der Waals surface area contributed by atoms with Crippen LogP contribution in [-0.4, -0.2) is 0 Å². The summed E-state index contributed by atoms with van der Waals surface area (Å²) in [6.45, 7) is 4.40. The van der Waals surface area contributed by atoms with Gasteiger partial charge in [0.1, 0.15) is 5.82 Å². The van der Waals surface area contributed by atoms with E-state index in [0.29, 0.717) is 12.0 Å². The zero-order valence-corrected chi connectivity index (χ0v) is 12.6. The van der Waals surface area contributed by atoms with E-state index in [1.165, 1.54) is 23.6 Å². The second-order valence-electron chi connectivity index (χ2n) is 6.10. The molecule has 0 aromatic heterocycles. The average Bonchev–Trinajstić information content (AvgIpc) is 2.50. The third-order valence-corrected chi connectivity index (χ3v) is 4.59. The summed E-state index contributed by atoms with van der Waals surface area (Å²) in [5, 5.41) is 3.67. The molecule has 0 fully saturated rings. The largest absolute Gasteiger partial charge is 0.303 e. The molecule has 2 aromatic carbocycles. The number of rotatable bonds is 3. The van der Waals surface area contributed by atoms with E-state index < -0.39 is 0 Å². The Labute approximate surface area is 126 Å². The minimum absolute atomic E-state index is 0.146. The molecule has 2 unspecified atom stereocenters. The van der Waals surface area contributed by atoms with Gasteiger partial charge >= 0.3 is 0 Å². The molecule has 1 aliphatic carbocycles. The molecule has 0 saturated carbocycles. The van der Waals surface area contributed by atoms with Gasteiger partial charge in [0.05, 0.1) is 0 Å². The van der Waals surface area contributed by atoms with Crippen molar-refractivity contribution >= 4 is 0 Å². The smallest absolute Gasteiger partial charge is 0.123 e. The quantitative estimate of drug-likeness (QED) is 0.825. The van der Waals surface area contributed by atoms with Crippen LogP contribution in [0.15, 0.2) is 48.5 Å². The number of benzene rings is 2. The molecule has 0 radical (unpaired) electrons. The molecule has 3 rings (SSSR count). The van der Waals surface area contributed by atoms with Gasteiger partial charge in [-0.05, 0) is 54.5 Å². The normalized spacial score (nSPS) is 22.6. The van der Waals surface area contributed by atoms with Crippen LogP contribution in [0.3, 0.4) is 0 Å². The Morgan fingerprint density at radius 3 is 2.57 bits per heavy atom. The first-order valence-electron chi connectivity index (χ1n) is 7.75. The van der Waals surface area contributed by atoms with Gasteiger partial charge in [-0.2, -0.15) is 0 Å². The highest BCUT2D eigenvalue weighted by Gasteiger charge is 2.25. The molecular formula is C19H22FN. The summed E-state index contributed by atoms with van der Waals surface area (Å²) in [4.78, 5) is 0. The molecule has 0 spiro atoms. The van der Waals surface area contributed by atoms with Gasteiger partial charge < -0.3 is 5.32 Å². The molecule has 0 heterocycles. The Morgan fingerprint density at radius 2 is 1.81 bits per heavy atom. The minimum atomic E-state index is -0.168. The fourth-order valence-electron chi connectivity index (χ4n) is 3.35. The van der Waals surface area contributed by atoms with Crippen LogP contribution in [0.4, 0.5) is 4.39 Å². The van der Waals surface area contributed by atoms with Crippen molar-refractivity contribution in [2.24, 2.45) is 0 Å². The van der Waals surface area contributed by atoms with E-state index in [9.17, 15) is 4.39 Å². The number of hydrogen-bond donors (Lipinski definition) is 1. The van der Waals surface area contributed by atoms with Crippen molar-refractivity contribution in [2.75, 3.05) is 0 Å². The second-order valence-corrected chi connectivity index (χ2v) is 6.10. The van der Waals surface area contributed by atoms with Crippen molar-refractivity contribution in [3.8, 4) is 0 Å². The van der Waals surface area contributed by atoms with Crippen LogP contribution in [0, 0.1) is 5.82 Å². The van der Waals surface area contributed by atoms with Crippen LogP contribution in [-0.2, 0) is 0 Å². The van der Waals surface area contributed by atoms with Crippen LogP contribution in [0.25, 0.3) is 0 Å². The lowest BCUT2D eigenvalue weighted by atomic mass is 9.80. The van der Waals surface area contributed by atoms with Crippen molar-refractivity contribution < 1.29 is 4.39 Å². The molecule has 1 N–H and O–H groups in total. The van der Waals surface area contributed by atoms with Gasteiger partial charge in [0, 0.05) is 12.1 Å². The Balaban J connectivity index is 1.81. The zero-order chi connectivity index (χ0) is 14.8. The summed E-state index contributed by atoms with van der Waals surface area (Å²) < 4.78 is 13.4. The summed E-state index contributed by atoms with van der Waals surface area (Å²) in [5.74, 6) is 0.461.